The molecule has 1 aromatic carbocycles. The molecule has 0 atom stereocenters. The summed E-state index contributed by atoms with van der Waals surface area (Å²) in [7, 11) is 1.81. The van der Waals surface area contributed by atoms with E-state index in [1.54, 1.807) is 4.57 Å². The Morgan fingerprint density at radius 3 is 2.53 bits per heavy atom. The number of piperazine rings is 1. The van der Waals surface area contributed by atoms with Crippen LogP contribution in [0, 0.1) is 12.3 Å². The Morgan fingerprint density at radius 2 is 1.83 bits per heavy atom. The fourth-order valence-electron chi connectivity index (χ4n) is 4.22. The van der Waals surface area contributed by atoms with Crippen LogP contribution < -0.4 is 11.0 Å². The van der Waals surface area contributed by atoms with Crippen molar-refractivity contribution in [3.05, 3.63) is 51.9 Å². The van der Waals surface area contributed by atoms with Gasteiger partial charge in [0.1, 0.15) is 0 Å². The third-order valence-electron chi connectivity index (χ3n) is 5.81. The van der Waals surface area contributed by atoms with Gasteiger partial charge in [0.25, 0.3) is 0 Å². The molecule has 0 spiro atoms. The Labute approximate surface area is 178 Å². The Hall–Kier alpha value is -2.44. The number of nitrogens with one attached hydrogen (secondary N) is 1. The smallest absolute Gasteiger partial charge is 0.314 e. The molecule has 3 aromatic rings. The Balaban J connectivity index is 1.72. The van der Waals surface area contributed by atoms with Crippen LogP contribution in [0.2, 0.25) is 0 Å². The first-order valence-electron chi connectivity index (χ1n) is 10.8. The van der Waals surface area contributed by atoms with E-state index in [1.165, 1.54) is 11.1 Å². The number of hydrogen-bond acceptors (Lipinski definition) is 4. The first kappa shape index (κ1) is 20.8. The fourth-order valence-corrected chi connectivity index (χ4v) is 4.22. The zero-order valence-corrected chi connectivity index (χ0v) is 18.8. The quantitative estimate of drug-likeness (QED) is 0.722. The number of pyridine rings is 1. The van der Waals surface area contributed by atoms with E-state index in [0.717, 1.165) is 55.1 Å². The van der Waals surface area contributed by atoms with Crippen LogP contribution in [0.15, 0.2) is 35.1 Å². The molecule has 6 heteroatoms. The molecule has 30 heavy (non-hydrogen) atoms. The van der Waals surface area contributed by atoms with Crippen molar-refractivity contribution in [2.75, 3.05) is 26.2 Å². The third-order valence-corrected chi connectivity index (χ3v) is 5.81. The van der Waals surface area contributed by atoms with Crippen LogP contribution in [0.3, 0.4) is 0 Å². The predicted molar refractivity (Wildman–Crippen MR) is 123 cm³/mol. The van der Waals surface area contributed by atoms with Gasteiger partial charge in [-0.3, -0.25) is 14.0 Å². The number of aryl methyl sites for hydroxylation is 2. The lowest BCUT2D eigenvalue weighted by molar-refractivity contribution is 0.233. The molecule has 2 aromatic heterocycles. The standard InChI is InChI=1S/C24H33N5O/c1-17-6-7-18(15-28-12-10-25-11-13-28)14-19(17)20-8-9-21-22(26-20)27(5)23(30)29(21)16-24(2,3)4/h6-9,14,25H,10-13,15-16H2,1-5H3. The largest absolute Gasteiger partial charge is 0.330 e. The minimum Gasteiger partial charge on any atom is -0.314 e. The second-order valence-corrected chi connectivity index (χ2v) is 9.70. The maximum absolute atomic E-state index is 12.8. The summed E-state index contributed by atoms with van der Waals surface area (Å²) in [5, 5.41) is 3.41. The normalized spacial score (nSPS) is 15.8. The van der Waals surface area contributed by atoms with E-state index in [0.29, 0.717) is 6.54 Å². The third kappa shape index (κ3) is 4.20. The summed E-state index contributed by atoms with van der Waals surface area (Å²) >= 11 is 0. The van der Waals surface area contributed by atoms with Gasteiger partial charge in [-0.2, -0.15) is 0 Å². The molecule has 0 bridgehead atoms. The van der Waals surface area contributed by atoms with Crippen LogP contribution in [0.1, 0.15) is 31.9 Å². The Kier molecular flexibility index (Phi) is 5.55. The highest BCUT2D eigenvalue weighted by Crippen LogP contribution is 2.26. The Bertz CT molecular complexity index is 1110. The zero-order valence-electron chi connectivity index (χ0n) is 18.8. The summed E-state index contributed by atoms with van der Waals surface area (Å²) in [6.45, 7) is 14.5. The summed E-state index contributed by atoms with van der Waals surface area (Å²) in [6.07, 6.45) is 0. The van der Waals surface area contributed by atoms with Crippen LogP contribution >= 0.6 is 0 Å². The highest BCUT2D eigenvalue weighted by Gasteiger charge is 2.19. The highest BCUT2D eigenvalue weighted by molar-refractivity contribution is 5.77. The van der Waals surface area contributed by atoms with Gasteiger partial charge in [-0.25, -0.2) is 9.78 Å². The number of fused-ring (bicyclic) bond motifs is 1. The van der Waals surface area contributed by atoms with Gasteiger partial charge in [0.15, 0.2) is 5.65 Å². The molecule has 1 N–H and O–H groups in total. The van der Waals surface area contributed by atoms with E-state index in [9.17, 15) is 4.79 Å². The molecule has 0 aliphatic carbocycles. The first-order valence-corrected chi connectivity index (χ1v) is 10.8. The van der Waals surface area contributed by atoms with Crippen LogP contribution in [-0.2, 0) is 20.1 Å². The van der Waals surface area contributed by atoms with Gasteiger partial charge in [0.2, 0.25) is 0 Å². The minimum absolute atomic E-state index is 0.00578. The van der Waals surface area contributed by atoms with E-state index in [1.807, 2.05) is 17.7 Å². The van der Waals surface area contributed by atoms with Crippen molar-refractivity contribution in [2.45, 2.75) is 40.8 Å². The maximum Gasteiger partial charge on any atom is 0.330 e. The van der Waals surface area contributed by atoms with Crippen molar-refractivity contribution < 1.29 is 0 Å². The van der Waals surface area contributed by atoms with Crippen molar-refractivity contribution in [1.29, 1.82) is 0 Å². The van der Waals surface area contributed by atoms with Crippen molar-refractivity contribution in [3.63, 3.8) is 0 Å². The molecule has 0 saturated carbocycles. The number of nitrogens with zero attached hydrogens (tertiary/aromatic N) is 4. The second kappa shape index (κ2) is 8.00. The van der Waals surface area contributed by atoms with Crippen molar-refractivity contribution in [3.8, 4) is 11.3 Å². The van der Waals surface area contributed by atoms with Gasteiger partial charge in [-0.05, 0) is 41.7 Å². The summed E-state index contributed by atoms with van der Waals surface area (Å²) in [5.41, 5.74) is 6.22. The second-order valence-electron chi connectivity index (χ2n) is 9.70. The van der Waals surface area contributed by atoms with E-state index in [4.69, 9.17) is 4.98 Å². The molecule has 0 radical (unpaired) electrons. The average molecular weight is 408 g/mol. The molecule has 160 valence electrons. The summed E-state index contributed by atoms with van der Waals surface area (Å²) < 4.78 is 3.52. The van der Waals surface area contributed by atoms with Crippen LogP contribution in [0.4, 0.5) is 0 Å². The lowest BCUT2D eigenvalue weighted by Crippen LogP contribution is -2.42. The van der Waals surface area contributed by atoms with Gasteiger partial charge >= 0.3 is 5.69 Å². The summed E-state index contributed by atoms with van der Waals surface area (Å²) in [5.74, 6) is 0. The van der Waals surface area contributed by atoms with Gasteiger partial charge in [0, 0.05) is 51.9 Å². The van der Waals surface area contributed by atoms with Crippen molar-refractivity contribution in [2.24, 2.45) is 12.5 Å². The van der Waals surface area contributed by atoms with Gasteiger partial charge in [-0.1, -0.05) is 32.9 Å². The maximum atomic E-state index is 12.8. The molecule has 1 aliphatic rings. The average Bonchev–Trinajstić information content (AvgIpc) is 2.93. The molecule has 1 fully saturated rings. The van der Waals surface area contributed by atoms with Gasteiger partial charge < -0.3 is 5.32 Å². The van der Waals surface area contributed by atoms with Gasteiger partial charge in [0.05, 0.1) is 11.2 Å². The molecule has 6 nitrogen and oxygen atoms in total. The summed E-state index contributed by atoms with van der Waals surface area (Å²) in [6, 6.07) is 10.8. The molecule has 0 unspecified atom stereocenters. The lowest BCUT2D eigenvalue weighted by atomic mass is 9.97. The monoisotopic (exact) mass is 407 g/mol. The molecule has 4 rings (SSSR count). The lowest BCUT2D eigenvalue weighted by Gasteiger charge is -2.27. The van der Waals surface area contributed by atoms with E-state index >= 15 is 0 Å². The number of benzene rings is 1. The van der Waals surface area contributed by atoms with Gasteiger partial charge in [-0.15, -0.1) is 0 Å². The predicted octanol–water partition coefficient (Wildman–Crippen LogP) is 3.16. The highest BCUT2D eigenvalue weighted by atomic mass is 16.1. The molecule has 3 heterocycles. The Morgan fingerprint density at radius 1 is 1.10 bits per heavy atom. The van der Waals surface area contributed by atoms with Crippen LogP contribution in [-0.4, -0.2) is 45.2 Å². The number of rotatable bonds is 4. The molecule has 1 saturated heterocycles. The summed E-state index contributed by atoms with van der Waals surface area (Å²) in [4.78, 5) is 20.2. The zero-order chi connectivity index (χ0) is 21.5. The molecule has 1 aliphatic heterocycles. The van der Waals surface area contributed by atoms with E-state index in [-0.39, 0.29) is 11.1 Å². The fraction of sp³-hybridized carbons (Fsp3) is 0.500. The van der Waals surface area contributed by atoms with E-state index < -0.39 is 0 Å². The number of imidazole rings is 1. The number of hydrogen-bond donors (Lipinski definition) is 1. The number of aromatic nitrogens is 3. The molecular formula is C24H33N5O. The van der Waals surface area contributed by atoms with Crippen LogP contribution in [0.25, 0.3) is 22.4 Å². The van der Waals surface area contributed by atoms with Crippen molar-refractivity contribution >= 4 is 11.2 Å². The first-order chi connectivity index (χ1) is 14.2. The topological polar surface area (TPSA) is 55.1 Å². The van der Waals surface area contributed by atoms with Crippen LogP contribution in [0.5, 0.6) is 0 Å². The minimum atomic E-state index is -0.00578. The molecular weight excluding hydrogens is 374 g/mol. The van der Waals surface area contributed by atoms with Crippen molar-refractivity contribution in [1.82, 2.24) is 24.3 Å². The van der Waals surface area contributed by atoms with E-state index in [2.05, 4.69) is 62.2 Å². The molecule has 0 amide bonds. The SMILES string of the molecule is Cc1ccc(CN2CCNCC2)cc1-c1ccc2c(n1)n(C)c(=O)n2CC(C)(C)C.